The molecule has 0 radical (unpaired) electrons. The normalized spacial score (nSPS) is 15.5. The van der Waals surface area contributed by atoms with E-state index in [1.54, 1.807) is 12.4 Å². The SMILES string of the molecule is CCN1CCN(C(=O)c2sc(COc3cccnc3)nc2C)CC1. The van der Waals surface area contributed by atoms with Crippen molar-refractivity contribution in [3.05, 3.63) is 40.1 Å². The van der Waals surface area contributed by atoms with E-state index in [2.05, 4.69) is 21.8 Å². The number of nitrogens with zero attached hydrogens (tertiary/aromatic N) is 4. The standard InChI is InChI=1S/C17H22N4O2S/c1-3-20-7-9-21(10-8-20)17(22)16-13(2)19-15(24-16)12-23-14-5-4-6-18-11-14/h4-6,11H,3,7-10,12H2,1-2H3. The monoisotopic (exact) mass is 346 g/mol. The first-order valence-corrected chi connectivity index (χ1v) is 8.99. The van der Waals surface area contributed by atoms with Crippen LogP contribution in [0.4, 0.5) is 0 Å². The lowest BCUT2D eigenvalue weighted by Gasteiger charge is -2.33. The molecule has 0 atom stereocenters. The second-order valence-corrected chi connectivity index (χ2v) is 6.81. The number of aromatic nitrogens is 2. The van der Waals surface area contributed by atoms with E-state index in [1.807, 2.05) is 24.0 Å². The second kappa shape index (κ2) is 7.72. The lowest BCUT2D eigenvalue weighted by atomic mass is 10.2. The lowest BCUT2D eigenvalue weighted by molar-refractivity contribution is 0.0647. The number of ether oxygens (including phenoxy) is 1. The van der Waals surface area contributed by atoms with Crippen LogP contribution < -0.4 is 4.74 Å². The molecule has 0 spiro atoms. The highest BCUT2D eigenvalue weighted by atomic mass is 32.1. The van der Waals surface area contributed by atoms with E-state index in [0.717, 1.165) is 48.3 Å². The molecule has 0 N–H and O–H groups in total. The Balaban J connectivity index is 1.62. The summed E-state index contributed by atoms with van der Waals surface area (Å²) in [5.74, 6) is 0.794. The number of piperazine rings is 1. The Labute approximate surface area is 146 Å². The van der Waals surface area contributed by atoms with Gasteiger partial charge in [0.25, 0.3) is 5.91 Å². The van der Waals surface area contributed by atoms with Crippen molar-refractivity contribution in [3.8, 4) is 5.75 Å². The molecule has 7 heteroatoms. The first kappa shape index (κ1) is 16.9. The van der Waals surface area contributed by atoms with Gasteiger partial charge in [-0.1, -0.05) is 6.92 Å². The lowest BCUT2D eigenvalue weighted by Crippen LogP contribution is -2.48. The highest BCUT2D eigenvalue weighted by molar-refractivity contribution is 7.13. The number of carbonyl (C=O) groups is 1. The molecule has 0 aromatic carbocycles. The van der Waals surface area contributed by atoms with Crippen LogP contribution in [-0.2, 0) is 6.61 Å². The zero-order chi connectivity index (χ0) is 16.9. The Bertz CT molecular complexity index is 681. The van der Waals surface area contributed by atoms with Gasteiger partial charge in [-0.25, -0.2) is 4.98 Å². The van der Waals surface area contributed by atoms with Gasteiger partial charge in [0, 0.05) is 32.4 Å². The van der Waals surface area contributed by atoms with Crippen molar-refractivity contribution in [2.45, 2.75) is 20.5 Å². The van der Waals surface area contributed by atoms with Crippen molar-refractivity contribution in [2.24, 2.45) is 0 Å². The van der Waals surface area contributed by atoms with Crippen LogP contribution in [0.5, 0.6) is 5.75 Å². The van der Waals surface area contributed by atoms with Crippen molar-refractivity contribution in [3.63, 3.8) is 0 Å². The van der Waals surface area contributed by atoms with Crippen LogP contribution in [0.3, 0.4) is 0 Å². The summed E-state index contributed by atoms with van der Waals surface area (Å²) in [5, 5.41) is 0.812. The van der Waals surface area contributed by atoms with Crippen LogP contribution in [0.25, 0.3) is 0 Å². The molecule has 3 heterocycles. The minimum Gasteiger partial charge on any atom is -0.485 e. The maximum Gasteiger partial charge on any atom is 0.265 e. The zero-order valence-electron chi connectivity index (χ0n) is 14.1. The molecular weight excluding hydrogens is 324 g/mol. The minimum absolute atomic E-state index is 0.0911. The summed E-state index contributed by atoms with van der Waals surface area (Å²) < 4.78 is 5.67. The predicted molar refractivity (Wildman–Crippen MR) is 93.4 cm³/mol. The van der Waals surface area contributed by atoms with E-state index in [1.165, 1.54) is 11.3 Å². The van der Waals surface area contributed by atoms with Crippen LogP contribution in [0.1, 0.15) is 27.3 Å². The number of thiazole rings is 1. The van der Waals surface area contributed by atoms with Crippen LogP contribution in [0.15, 0.2) is 24.5 Å². The highest BCUT2D eigenvalue weighted by Gasteiger charge is 2.24. The van der Waals surface area contributed by atoms with Gasteiger partial charge in [0.15, 0.2) is 0 Å². The maximum absolute atomic E-state index is 12.7. The average Bonchev–Trinajstić information content (AvgIpc) is 3.01. The molecule has 2 aromatic rings. The number of amides is 1. The van der Waals surface area contributed by atoms with E-state index in [4.69, 9.17) is 4.74 Å². The van der Waals surface area contributed by atoms with E-state index in [-0.39, 0.29) is 5.91 Å². The molecule has 1 aliphatic rings. The summed E-state index contributed by atoms with van der Waals surface area (Å²) in [4.78, 5) is 26.2. The van der Waals surface area contributed by atoms with Gasteiger partial charge in [0.2, 0.25) is 0 Å². The molecule has 6 nitrogen and oxygen atoms in total. The van der Waals surface area contributed by atoms with Crippen molar-refractivity contribution in [2.75, 3.05) is 32.7 Å². The Morgan fingerprint density at radius 2 is 2.12 bits per heavy atom. The molecule has 3 rings (SSSR count). The third kappa shape index (κ3) is 3.91. The first-order valence-electron chi connectivity index (χ1n) is 8.18. The van der Waals surface area contributed by atoms with E-state index >= 15 is 0 Å². The Morgan fingerprint density at radius 1 is 1.33 bits per heavy atom. The number of aryl methyl sites for hydroxylation is 1. The molecule has 0 bridgehead atoms. The van der Waals surface area contributed by atoms with Crippen LogP contribution in [0, 0.1) is 6.92 Å². The molecule has 24 heavy (non-hydrogen) atoms. The summed E-state index contributed by atoms with van der Waals surface area (Å²) in [6.45, 7) is 8.88. The van der Waals surface area contributed by atoms with E-state index < -0.39 is 0 Å². The molecule has 1 saturated heterocycles. The van der Waals surface area contributed by atoms with Crippen LogP contribution in [-0.4, -0.2) is 58.4 Å². The summed E-state index contributed by atoms with van der Waals surface area (Å²) in [5.41, 5.74) is 0.785. The molecule has 1 aliphatic heterocycles. The summed E-state index contributed by atoms with van der Waals surface area (Å²) >= 11 is 1.43. The highest BCUT2D eigenvalue weighted by Crippen LogP contribution is 2.22. The van der Waals surface area contributed by atoms with Crippen LogP contribution in [0.2, 0.25) is 0 Å². The summed E-state index contributed by atoms with van der Waals surface area (Å²) in [6.07, 6.45) is 3.37. The van der Waals surface area contributed by atoms with Crippen molar-refractivity contribution in [1.29, 1.82) is 0 Å². The molecule has 0 saturated carbocycles. The predicted octanol–water partition coefficient (Wildman–Crippen LogP) is 2.20. The largest absolute Gasteiger partial charge is 0.485 e. The number of pyridine rings is 1. The number of rotatable bonds is 5. The van der Waals surface area contributed by atoms with E-state index in [0.29, 0.717) is 12.4 Å². The van der Waals surface area contributed by atoms with Crippen LogP contribution >= 0.6 is 11.3 Å². The van der Waals surface area contributed by atoms with Gasteiger partial charge >= 0.3 is 0 Å². The van der Waals surface area contributed by atoms with Gasteiger partial charge in [-0.3, -0.25) is 9.78 Å². The number of likely N-dealkylation sites (N-methyl/N-ethyl adjacent to an activating group) is 1. The van der Waals surface area contributed by atoms with Gasteiger partial charge in [-0.2, -0.15) is 0 Å². The fourth-order valence-electron chi connectivity index (χ4n) is 2.70. The molecule has 1 fully saturated rings. The Hall–Kier alpha value is -1.99. The minimum atomic E-state index is 0.0911. The maximum atomic E-state index is 12.7. The third-order valence-electron chi connectivity index (χ3n) is 4.14. The number of hydrogen-bond acceptors (Lipinski definition) is 6. The van der Waals surface area contributed by atoms with Gasteiger partial charge in [0.05, 0.1) is 11.9 Å². The van der Waals surface area contributed by atoms with Gasteiger partial charge < -0.3 is 14.5 Å². The molecule has 1 amide bonds. The third-order valence-corrected chi connectivity index (χ3v) is 5.26. The summed E-state index contributed by atoms with van der Waals surface area (Å²) in [6, 6.07) is 3.68. The molecular formula is C17H22N4O2S. The van der Waals surface area contributed by atoms with Crippen molar-refractivity contribution < 1.29 is 9.53 Å². The fourth-order valence-corrected chi connectivity index (χ4v) is 3.65. The van der Waals surface area contributed by atoms with Crippen molar-refractivity contribution in [1.82, 2.24) is 19.8 Å². The van der Waals surface area contributed by atoms with Crippen molar-refractivity contribution >= 4 is 17.2 Å². The second-order valence-electron chi connectivity index (χ2n) is 5.73. The van der Waals surface area contributed by atoms with Gasteiger partial charge in [-0.15, -0.1) is 11.3 Å². The molecule has 0 unspecified atom stereocenters. The Kier molecular flexibility index (Phi) is 5.42. The molecule has 2 aromatic heterocycles. The quantitative estimate of drug-likeness (QED) is 0.831. The Morgan fingerprint density at radius 3 is 2.79 bits per heavy atom. The summed E-state index contributed by atoms with van der Waals surface area (Å²) in [7, 11) is 0. The smallest absolute Gasteiger partial charge is 0.265 e. The molecule has 0 aliphatic carbocycles. The van der Waals surface area contributed by atoms with E-state index in [9.17, 15) is 4.79 Å². The fraction of sp³-hybridized carbons (Fsp3) is 0.471. The molecule has 128 valence electrons. The number of hydrogen-bond donors (Lipinski definition) is 0. The first-order chi connectivity index (χ1) is 11.7. The number of carbonyl (C=O) groups excluding carboxylic acids is 1. The van der Waals surface area contributed by atoms with Gasteiger partial charge in [0.1, 0.15) is 22.2 Å². The average molecular weight is 346 g/mol. The zero-order valence-corrected chi connectivity index (χ0v) is 14.9. The van der Waals surface area contributed by atoms with Gasteiger partial charge in [-0.05, 0) is 25.6 Å². The topological polar surface area (TPSA) is 58.6 Å².